The van der Waals surface area contributed by atoms with Crippen LogP contribution in [0, 0.1) is 0 Å². The van der Waals surface area contributed by atoms with Gasteiger partial charge in [-0.3, -0.25) is 13.6 Å². The van der Waals surface area contributed by atoms with Crippen LogP contribution in [0.2, 0.25) is 0 Å². The van der Waals surface area contributed by atoms with E-state index < -0.39 is 43.6 Å². The maximum Gasteiger partial charge on any atom is 0.476 e. The van der Waals surface area contributed by atoms with Crippen LogP contribution in [0.3, 0.4) is 0 Å². The van der Waals surface area contributed by atoms with Gasteiger partial charge in [0, 0.05) is 12.6 Å². The number of nitrogens with zero attached hydrogens (tertiary/aromatic N) is 3. The fourth-order valence-corrected chi connectivity index (χ4v) is 6.30. The molecule has 4 N–H and O–H groups in total. The second-order valence-corrected chi connectivity index (χ2v) is 11.3. The first-order valence-electron chi connectivity index (χ1n) is 11.3. The number of rotatable bonds is 5. The number of ether oxygens (including phenoxy) is 1. The van der Waals surface area contributed by atoms with Crippen LogP contribution in [-0.2, 0) is 22.9 Å². The minimum atomic E-state index is -4.02. The third-order valence-corrected chi connectivity index (χ3v) is 8.10. The highest BCUT2D eigenvalue weighted by molar-refractivity contribution is 7.48. The monoisotopic (exact) mass is 504 g/mol. The van der Waals surface area contributed by atoms with Crippen LogP contribution in [0.15, 0.2) is 48.9 Å². The SMILES string of the molecule is CC1(C)C[C@H](c2ccccc2)OP(=O)(OC[C@H]2O[C@@H](n3ccc4c(N)ncnc43)[C@](C)(O)[C@@H]2O)O1. The molecule has 12 heteroatoms. The number of aromatic nitrogens is 3. The largest absolute Gasteiger partial charge is 0.476 e. The molecule has 0 spiro atoms. The zero-order valence-electron chi connectivity index (χ0n) is 19.6. The molecule has 11 nitrogen and oxygen atoms in total. The van der Waals surface area contributed by atoms with E-state index in [1.165, 1.54) is 13.3 Å². The number of fused-ring (bicyclic) bond motifs is 1. The molecule has 4 heterocycles. The van der Waals surface area contributed by atoms with Crippen molar-refractivity contribution in [3.63, 3.8) is 0 Å². The van der Waals surface area contributed by atoms with E-state index >= 15 is 0 Å². The summed E-state index contributed by atoms with van der Waals surface area (Å²) in [5, 5.41) is 22.6. The van der Waals surface area contributed by atoms with Crippen molar-refractivity contribution in [2.45, 2.75) is 62.9 Å². The molecule has 2 aliphatic rings. The summed E-state index contributed by atoms with van der Waals surface area (Å²) in [7, 11) is -4.02. The van der Waals surface area contributed by atoms with Crippen LogP contribution in [-0.4, -0.2) is 54.8 Å². The first-order chi connectivity index (χ1) is 16.5. The van der Waals surface area contributed by atoms with E-state index in [1.807, 2.05) is 44.2 Å². The van der Waals surface area contributed by atoms with Gasteiger partial charge in [0.25, 0.3) is 0 Å². The highest BCUT2D eigenvalue weighted by Gasteiger charge is 2.54. The lowest BCUT2D eigenvalue weighted by Crippen LogP contribution is -2.44. The van der Waals surface area contributed by atoms with Crippen molar-refractivity contribution in [2.24, 2.45) is 0 Å². The van der Waals surface area contributed by atoms with E-state index in [9.17, 15) is 14.8 Å². The fourth-order valence-electron chi connectivity index (χ4n) is 4.63. The van der Waals surface area contributed by atoms with Gasteiger partial charge in [0.2, 0.25) is 0 Å². The van der Waals surface area contributed by atoms with Gasteiger partial charge in [-0.15, -0.1) is 0 Å². The molecule has 5 rings (SSSR count). The maximum absolute atomic E-state index is 13.5. The summed E-state index contributed by atoms with van der Waals surface area (Å²) in [4.78, 5) is 8.19. The molecule has 1 aromatic carbocycles. The Morgan fingerprint density at radius 2 is 1.97 bits per heavy atom. The molecule has 0 saturated carbocycles. The molecule has 188 valence electrons. The number of aliphatic hydroxyl groups excluding tert-OH is 1. The second-order valence-electron chi connectivity index (χ2n) is 9.72. The van der Waals surface area contributed by atoms with Crippen LogP contribution in [0.1, 0.15) is 45.1 Å². The Hall–Kier alpha value is -2.37. The quantitative estimate of drug-likeness (QED) is 0.442. The summed E-state index contributed by atoms with van der Waals surface area (Å²) in [5.41, 5.74) is 4.72. The van der Waals surface area contributed by atoms with E-state index in [4.69, 9.17) is 24.0 Å². The number of nitrogen functional groups attached to an aromatic ring is 1. The van der Waals surface area contributed by atoms with E-state index in [1.54, 1.807) is 16.8 Å². The molecular formula is C23H29N4O7P. The van der Waals surface area contributed by atoms with Crippen LogP contribution < -0.4 is 5.73 Å². The van der Waals surface area contributed by atoms with Gasteiger partial charge in [0.1, 0.15) is 35.6 Å². The molecule has 2 saturated heterocycles. The van der Waals surface area contributed by atoms with Crippen molar-refractivity contribution < 1.29 is 33.1 Å². The Morgan fingerprint density at radius 1 is 1.23 bits per heavy atom. The molecule has 35 heavy (non-hydrogen) atoms. The predicted molar refractivity (Wildman–Crippen MR) is 126 cm³/mol. The Kier molecular flexibility index (Phi) is 6.00. The van der Waals surface area contributed by atoms with E-state index in [0.29, 0.717) is 17.5 Å². The summed E-state index contributed by atoms with van der Waals surface area (Å²) >= 11 is 0. The van der Waals surface area contributed by atoms with Crippen molar-refractivity contribution >= 4 is 24.7 Å². The molecule has 2 aromatic heterocycles. The van der Waals surface area contributed by atoms with Crippen molar-refractivity contribution in [3.05, 3.63) is 54.5 Å². The summed E-state index contributed by atoms with van der Waals surface area (Å²) in [6, 6.07) is 11.1. The molecular weight excluding hydrogens is 475 g/mol. The minimum absolute atomic E-state index is 0.284. The number of aliphatic hydroxyl groups is 2. The Morgan fingerprint density at radius 3 is 2.71 bits per heavy atom. The van der Waals surface area contributed by atoms with Gasteiger partial charge in [-0.2, -0.15) is 0 Å². The number of anilines is 1. The maximum atomic E-state index is 13.5. The zero-order valence-corrected chi connectivity index (χ0v) is 20.5. The van der Waals surface area contributed by atoms with Crippen molar-refractivity contribution in [3.8, 4) is 0 Å². The lowest BCUT2D eigenvalue weighted by Gasteiger charge is -2.39. The first kappa shape index (κ1) is 24.3. The number of hydrogen-bond donors (Lipinski definition) is 3. The Balaban J connectivity index is 1.34. The van der Waals surface area contributed by atoms with Gasteiger partial charge < -0.3 is 25.3 Å². The van der Waals surface area contributed by atoms with Crippen molar-refractivity contribution in [1.29, 1.82) is 0 Å². The van der Waals surface area contributed by atoms with Crippen LogP contribution >= 0.6 is 7.82 Å². The number of phosphoric acid groups is 1. The Labute approximate surface area is 202 Å². The lowest BCUT2D eigenvalue weighted by molar-refractivity contribution is -0.0964. The average Bonchev–Trinajstić information content (AvgIpc) is 3.31. The van der Waals surface area contributed by atoms with Gasteiger partial charge in [0.05, 0.1) is 23.7 Å². The summed E-state index contributed by atoms with van der Waals surface area (Å²) in [5.74, 6) is 0.284. The molecule has 2 aliphatic heterocycles. The van der Waals surface area contributed by atoms with E-state index in [0.717, 1.165) is 5.56 Å². The smallest absolute Gasteiger partial charge is 0.387 e. The topological polar surface area (TPSA) is 151 Å². The molecule has 0 bridgehead atoms. The lowest BCUT2D eigenvalue weighted by atomic mass is 9.96. The standard InChI is InChI=1S/C23H29N4O7P/c1-22(2)11-16(14-7-5-4-6-8-14)33-35(30,34-22)31-12-17-18(28)23(3,29)21(32-17)27-10-9-15-19(24)25-13-26-20(15)27/h4-10,13,16-18,21,28-29H,11-12H2,1-3H3,(H2,24,25,26)/t16-,17-,18-,21-,23-,35?/m1/s1. The molecule has 0 radical (unpaired) electrons. The zero-order chi connectivity index (χ0) is 25.0. The fraction of sp³-hybridized carbons (Fsp3) is 0.478. The summed E-state index contributed by atoms with van der Waals surface area (Å²) in [6.07, 6.45) is -0.456. The van der Waals surface area contributed by atoms with Crippen LogP contribution in [0.4, 0.5) is 5.82 Å². The van der Waals surface area contributed by atoms with E-state index in [2.05, 4.69) is 9.97 Å². The van der Waals surface area contributed by atoms with Crippen molar-refractivity contribution in [1.82, 2.24) is 14.5 Å². The van der Waals surface area contributed by atoms with Crippen molar-refractivity contribution in [2.75, 3.05) is 12.3 Å². The van der Waals surface area contributed by atoms with Gasteiger partial charge in [-0.1, -0.05) is 30.3 Å². The Bertz CT molecular complexity index is 1270. The third kappa shape index (κ3) is 4.49. The molecule has 0 aliphatic carbocycles. The number of hydrogen-bond acceptors (Lipinski definition) is 10. The predicted octanol–water partition coefficient (Wildman–Crippen LogP) is 3.10. The third-order valence-electron chi connectivity index (χ3n) is 6.41. The minimum Gasteiger partial charge on any atom is -0.387 e. The van der Waals surface area contributed by atoms with Gasteiger partial charge in [0.15, 0.2) is 6.23 Å². The summed E-state index contributed by atoms with van der Waals surface area (Å²) in [6.45, 7) is 4.74. The number of phosphoric ester groups is 1. The van der Waals surface area contributed by atoms with E-state index in [-0.39, 0.29) is 12.4 Å². The van der Waals surface area contributed by atoms with Crippen LogP contribution in [0.5, 0.6) is 0 Å². The second kappa shape index (κ2) is 8.63. The molecule has 2 fully saturated rings. The summed E-state index contributed by atoms with van der Waals surface area (Å²) < 4.78 is 38.2. The van der Waals surface area contributed by atoms with Gasteiger partial charge in [-0.25, -0.2) is 14.5 Å². The molecule has 0 amide bonds. The highest BCUT2D eigenvalue weighted by atomic mass is 31.2. The molecule has 3 aromatic rings. The number of benzene rings is 1. The average molecular weight is 504 g/mol. The normalized spacial score (nSPS) is 34.9. The van der Waals surface area contributed by atoms with Gasteiger partial charge in [-0.05, 0) is 32.4 Å². The van der Waals surface area contributed by atoms with Crippen LogP contribution in [0.25, 0.3) is 11.0 Å². The molecule has 1 unspecified atom stereocenters. The number of nitrogens with two attached hydrogens (primary N) is 1. The van der Waals surface area contributed by atoms with Gasteiger partial charge >= 0.3 is 7.82 Å². The highest BCUT2D eigenvalue weighted by Crippen LogP contribution is 2.61. The molecule has 6 atom stereocenters. The first-order valence-corrected chi connectivity index (χ1v) is 12.8.